The van der Waals surface area contributed by atoms with E-state index in [2.05, 4.69) is 10.2 Å². The smallest absolute Gasteiger partial charge is 0.227 e. The highest BCUT2D eigenvalue weighted by Crippen LogP contribution is 2.21. The number of hydrogen-bond acceptors (Lipinski definition) is 3. The molecule has 5 heteroatoms. The van der Waals surface area contributed by atoms with Crippen molar-refractivity contribution in [3.05, 3.63) is 29.3 Å². The van der Waals surface area contributed by atoms with Crippen molar-refractivity contribution in [3.63, 3.8) is 0 Å². The highest BCUT2D eigenvalue weighted by Gasteiger charge is 2.28. The van der Waals surface area contributed by atoms with Crippen LogP contribution < -0.4 is 10.2 Å². The number of amides is 1. The van der Waals surface area contributed by atoms with Gasteiger partial charge in [0.05, 0.1) is 5.92 Å². The van der Waals surface area contributed by atoms with Crippen molar-refractivity contribution >= 4 is 23.2 Å². The van der Waals surface area contributed by atoms with Gasteiger partial charge in [-0.2, -0.15) is 0 Å². The monoisotopic (exact) mass is 307 g/mol. The number of piperazine rings is 1. The van der Waals surface area contributed by atoms with Crippen molar-refractivity contribution in [1.82, 2.24) is 10.2 Å². The topological polar surface area (TPSA) is 35.6 Å². The number of piperidine rings is 1. The molecule has 0 bridgehead atoms. The van der Waals surface area contributed by atoms with Crippen molar-refractivity contribution in [1.29, 1.82) is 0 Å². The Kier molecular flexibility index (Phi) is 4.66. The lowest BCUT2D eigenvalue weighted by Gasteiger charge is -2.38. The number of rotatable bonds is 2. The van der Waals surface area contributed by atoms with E-state index >= 15 is 0 Å². The van der Waals surface area contributed by atoms with Gasteiger partial charge < -0.3 is 15.1 Å². The molecule has 114 valence electrons. The average Bonchev–Trinajstić information content (AvgIpc) is 2.56. The number of benzene rings is 1. The molecule has 2 aliphatic rings. The van der Waals surface area contributed by atoms with Gasteiger partial charge in [-0.3, -0.25) is 4.79 Å². The van der Waals surface area contributed by atoms with Crippen molar-refractivity contribution in [2.45, 2.75) is 12.8 Å². The van der Waals surface area contributed by atoms with Gasteiger partial charge in [0.25, 0.3) is 0 Å². The molecule has 1 aromatic rings. The molecule has 1 atom stereocenters. The van der Waals surface area contributed by atoms with Crippen LogP contribution in [0.3, 0.4) is 0 Å². The molecule has 0 aliphatic carbocycles. The zero-order valence-corrected chi connectivity index (χ0v) is 13.0. The highest BCUT2D eigenvalue weighted by molar-refractivity contribution is 6.30. The number of hydrogen-bond donors (Lipinski definition) is 1. The van der Waals surface area contributed by atoms with E-state index < -0.39 is 0 Å². The number of carbonyl (C=O) groups is 1. The second-order valence-corrected chi connectivity index (χ2v) is 6.27. The van der Waals surface area contributed by atoms with Crippen LogP contribution in [0.5, 0.6) is 0 Å². The van der Waals surface area contributed by atoms with Crippen LogP contribution in [-0.4, -0.2) is 50.1 Å². The van der Waals surface area contributed by atoms with Crippen LogP contribution in [0.4, 0.5) is 5.69 Å². The fraction of sp³-hybridized carbons (Fsp3) is 0.562. The zero-order chi connectivity index (χ0) is 14.7. The van der Waals surface area contributed by atoms with Crippen LogP contribution in [0.1, 0.15) is 12.8 Å². The van der Waals surface area contributed by atoms with E-state index in [0.717, 1.165) is 57.1 Å². The predicted octanol–water partition coefficient (Wildman–Crippen LogP) is 1.99. The summed E-state index contributed by atoms with van der Waals surface area (Å²) < 4.78 is 0. The maximum absolute atomic E-state index is 12.5. The van der Waals surface area contributed by atoms with Gasteiger partial charge in [0.1, 0.15) is 0 Å². The molecule has 2 aliphatic heterocycles. The molecular formula is C16H22ClN3O. The number of anilines is 1. The molecule has 1 N–H and O–H groups in total. The Bertz CT molecular complexity index is 477. The molecule has 3 rings (SSSR count). The summed E-state index contributed by atoms with van der Waals surface area (Å²) >= 11 is 5.92. The van der Waals surface area contributed by atoms with Crippen molar-refractivity contribution in [2.75, 3.05) is 44.2 Å². The van der Waals surface area contributed by atoms with Crippen LogP contribution >= 0.6 is 11.6 Å². The Labute approximate surface area is 131 Å². The molecule has 4 nitrogen and oxygen atoms in total. The molecule has 2 saturated heterocycles. The molecule has 0 saturated carbocycles. The summed E-state index contributed by atoms with van der Waals surface area (Å²) in [5.74, 6) is 0.513. The number of nitrogens with one attached hydrogen (secondary N) is 1. The third-order valence-corrected chi connectivity index (χ3v) is 4.68. The molecule has 0 aromatic heterocycles. The second kappa shape index (κ2) is 6.67. The number of halogens is 1. The first-order valence-corrected chi connectivity index (χ1v) is 8.12. The molecule has 21 heavy (non-hydrogen) atoms. The first-order chi connectivity index (χ1) is 10.2. The summed E-state index contributed by atoms with van der Waals surface area (Å²) in [7, 11) is 0. The van der Waals surface area contributed by atoms with E-state index in [4.69, 9.17) is 11.6 Å². The minimum atomic E-state index is 0.181. The molecule has 0 spiro atoms. The van der Waals surface area contributed by atoms with E-state index in [-0.39, 0.29) is 5.92 Å². The summed E-state index contributed by atoms with van der Waals surface area (Å²) in [6.45, 7) is 5.32. The standard InChI is InChI=1S/C16H22ClN3O/c17-14-3-5-15(6-4-14)19-8-10-20(11-9-19)16(21)13-2-1-7-18-12-13/h3-6,13,18H,1-2,7-12H2. The minimum absolute atomic E-state index is 0.181. The van der Waals surface area contributed by atoms with E-state index in [1.165, 1.54) is 5.69 Å². The quantitative estimate of drug-likeness (QED) is 0.907. The lowest BCUT2D eigenvalue weighted by molar-refractivity contribution is -0.136. The van der Waals surface area contributed by atoms with E-state index in [1.54, 1.807) is 0 Å². The molecule has 2 heterocycles. The fourth-order valence-corrected chi connectivity index (χ4v) is 3.28. The summed E-state index contributed by atoms with van der Waals surface area (Å²) in [5, 5.41) is 4.09. The average molecular weight is 308 g/mol. The van der Waals surface area contributed by atoms with Crippen molar-refractivity contribution in [2.24, 2.45) is 5.92 Å². The molecule has 1 amide bonds. The Morgan fingerprint density at radius 1 is 1.14 bits per heavy atom. The fourth-order valence-electron chi connectivity index (χ4n) is 3.16. The maximum Gasteiger partial charge on any atom is 0.227 e. The third-order valence-electron chi connectivity index (χ3n) is 4.43. The van der Waals surface area contributed by atoms with Gasteiger partial charge in [-0.15, -0.1) is 0 Å². The van der Waals surface area contributed by atoms with E-state index in [1.807, 2.05) is 29.2 Å². The molecule has 0 radical (unpaired) electrons. The van der Waals surface area contributed by atoms with Gasteiger partial charge in [0.15, 0.2) is 0 Å². The van der Waals surface area contributed by atoms with Gasteiger partial charge in [-0.1, -0.05) is 11.6 Å². The van der Waals surface area contributed by atoms with Gasteiger partial charge in [-0.25, -0.2) is 0 Å². The minimum Gasteiger partial charge on any atom is -0.368 e. The maximum atomic E-state index is 12.5. The van der Waals surface area contributed by atoms with Gasteiger partial charge in [0, 0.05) is 43.4 Å². The predicted molar refractivity (Wildman–Crippen MR) is 85.8 cm³/mol. The Balaban J connectivity index is 1.54. The Morgan fingerprint density at radius 3 is 2.48 bits per heavy atom. The third kappa shape index (κ3) is 3.50. The van der Waals surface area contributed by atoms with Gasteiger partial charge in [-0.05, 0) is 43.7 Å². The van der Waals surface area contributed by atoms with E-state index in [9.17, 15) is 4.79 Å². The molecule has 2 fully saturated rings. The highest BCUT2D eigenvalue weighted by atomic mass is 35.5. The lowest BCUT2D eigenvalue weighted by atomic mass is 9.98. The molecule has 1 unspecified atom stereocenters. The van der Waals surface area contributed by atoms with Gasteiger partial charge >= 0.3 is 0 Å². The van der Waals surface area contributed by atoms with Crippen LogP contribution in [0.2, 0.25) is 5.02 Å². The molecule has 1 aromatic carbocycles. The Morgan fingerprint density at radius 2 is 1.86 bits per heavy atom. The number of carbonyl (C=O) groups excluding carboxylic acids is 1. The van der Waals surface area contributed by atoms with Gasteiger partial charge in [0.2, 0.25) is 5.91 Å². The molecular weight excluding hydrogens is 286 g/mol. The summed E-state index contributed by atoms with van der Waals surface area (Å²) in [5.41, 5.74) is 1.19. The van der Waals surface area contributed by atoms with E-state index in [0.29, 0.717) is 5.91 Å². The SMILES string of the molecule is O=C(C1CCCNC1)N1CCN(c2ccc(Cl)cc2)CC1. The first-order valence-electron chi connectivity index (χ1n) is 7.74. The number of nitrogens with zero attached hydrogens (tertiary/aromatic N) is 2. The normalized spacial score (nSPS) is 23.2. The first kappa shape index (κ1) is 14.7. The zero-order valence-electron chi connectivity index (χ0n) is 12.2. The summed E-state index contributed by atoms with van der Waals surface area (Å²) in [4.78, 5) is 16.8. The second-order valence-electron chi connectivity index (χ2n) is 5.83. The summed E-state index contributed by atoms with van der Waals surface area (Å²) in [6.07, 6.45) is 2.14. The summed E-state index contributed by atoms with van der Waals surface area (Å²) in [6, 6.07) is 7.93. The largest absolute Gasteiger partial charge is 0.368 e. The lowest BCUT2D eigenvalue weighted by Crippen LogP contribution is -2.52. The van der Waals surface area contributed by atoms with Crippen molar-refractivity contribution in [3.8, 4) is 0 Å². The Hall–Kier alpha value is -1.26. The van der Waals surface area contributed by atoms with Crippen LogP contribution in [0, 0.1) is 5.92 Å². The van der Waals surface area contributed by atoms with Crippen LogP contribution in [-0.2, 0) is 4.79 Å². The van der Waals surface area contributed by atoms with Crippen LogP contribution in [0.15, 0.2) is 24.3 Å². The van der Waals surface area contributed by atoms with Crippen molar-refractivity contribution < 1.29 is 4.79 Å². The van der Waals surface area contributed by atoms with Crippen LogP contribution in [0.25, 0.3) is 0 Å².